The number of methoxy groups -OCH3 is 1. The predicted molar refractivity (Wildman–Crippen MR) is 94.9 cm³/mol. The Morgan fingerprint density at radius 2 is 2.00 bits per heavy atom. The molecule has 0 N–H and O–H groups in total. The van der Waals surface area contributed by atoms with Gasteiger partial charge in [0, 0.05) is 42.8 Å². The fourth-order valence-corrected chi connectivity index (χ4v) is 3.21. The van der Waals surface area contributed by atoms with Gasteiger partial charge in [-0.05, 0) is 30.7 Å². The number of fused-ring (bicyclic) bond motifs is 1. The molecule has 4 rings (SSSR count). The summed E-state index contributed by atoms with van der Waals surface area (Å²) in [6.45, 7) is 5.18. The van der Waals surface area contributed by atoms with E-state index < -0.39 is 0 Å². The van der Waals surface area contributed by atoms with Gasteiger partial charge in [-0.2, -0.15) is 0 Å². The van der Waals surface area contributed by atoms with Crippen LogP contribution in [0.15, 0.2) is 36.7 Å². The highest BCUT2D eigenvalue weighted by Crippen LogP contribution is 2.30. The van der Waals surface area contributed by atoms with Crippen LogP contribution in [0.3, 0.4) is 0 Å². The van der Waals surface area contributed by atoms with Crippen LogP contribution in [0.5, 0.6) is 5.75 Å². The van der Waals surface area contributed by atoms with Gasteiger partial charge in [0.25, 0.3) is 0 Å². The summed E-state index contributed by atoms with van der Waals surface area (Å²) < 4.78 is 26.5. The molecule has 0 radical (unpaired) electrons. The largest absolute Gasteiger partial charge is 0.494 e. The lowest BCUT2D eigenvalue weighted by Crippen LogP contribution is -2.36. The van der Waals surface area contributed by atoms with Crippen LogP contribution in [0, 0.1) is 12.7 Å². The van der Waals surface area contributed by atoms with Gasteiger partial charge < -0.3 is 18.8 Å². The number of anilines is 1. The topological polar surface area (TPSA) is 39.0 Å². The Hall–Kier alpha value is -2.60. The Morgan fingerprint density at radius 1 is 1.20 bits per heavy atom. The molecule has 1 aromatic carbocycles. The Kier molecular flexibility index (Phi) is 4.05. The fourth-order valence-electron chi connectivity index (χ4n) is 3.21. The second-order valence-electron chi connectivity index (χ2n) is 6.18. The van der Waals surface area contributed by atoms with Crippen molar-refractivity contribution in [2.75, 3.05) is 38.3 Å². The van der Waals surface area contributed by atoms with Crippen molar-refractivity contribution in [3.8, 4) is 17.0 Å². The molecule has 0 bridgehead atoms. The Morgan fingerprint density at radius 3 is 2.76 bits per heavy atom. The standard InChI is InChI=1S/C19H20FN3O2/c1-13-9-18(24-2)16(20)11-15(13)17-12-23-4-3-14(10-19(23)21-17)22-5-7-25-8-6-22/h3-4,9-12H,5-8H2,1-2H3. The average Bonchev–Trinajstić information content (AvgIpc) is 3.07. The van der Waals surface area contributed by atoms with Crippen molar-refractivity contribution in [1.29, 1.82) is 0 Å². The van der Waals surface area contributed by atoms with Crippen molar-refractivity contribution in [2.45, 2.75) is 6.92 Å². The number of morpholine rings is 1. The summed E-state index contributed by atoms with van der Waals surface area (Å²) >= 11 is 0. The molecule has 5 nitrogen and oxygen atoms in total. The first-order valence-corrected chi connectivity index (χ1v) is 8.31. The Labute approximate surface area is 145 Å². The van der Waals surface area contributed by atoms with Crippen LogP contribution in [-0.4, -0.2) is 42.8 Å². The summed E-state index contributed by atoms with van der Waals surface area (Å²) in [5.41, 5.74) is 4.42. The van der Waals surface area contributed by atoms with E-state index in [9.17, 15) is 4.39 Å². The van der Waals surface area contributed by atoms with Crippen LogP contribution < -0.4 is 9.64 Å². The minimum absolute atomic E-state index is 0.250. The van der Waals surface area contributed by atoms with E-state index in [1.165, 1.54) is 13.2 Å². The third kappa shape index (κ3) is 2.93. The van der Waals surface area contributed by atoms with Crippen molar-refractivity contribution in [3.05, 3.63) is 48.0 Å². The number of hydrogen-bond donors (Lipinski definition) is 0. The number of aromatic nitrogens is 2. The number of aryl methyl sites for hydroxylation is 1. The van der Waals surface area contributed by atoms with Gasteiger partial charge in [0.15, 0.2) is 11.6 Å². The van der Waals surface area contributed by atoms with E-state index in [1.807, 2.05) is 23.7 Å². The Balaban J connectivity index is 1.73. The predicted octanol–water partition coefficient (Wildman–Crippen LogP) is 3.29. The molecule has 0 spiro atoms. The number of ether oxygens (including phenoxy) is 2. The van der Waals surface area contributed by atoms with Gasteiger partial charge in [-0.3, -0.25) is 0 Å². The lowest BCUT2D eigenvalue weighted by atomic mass is 10.1. The Bertz CT molecular complexity index is 916. The summed E-state index contributed by atoms with van der Waals surface area (Å²) in [5, 5.41) is 0. The van der Waals surface area contributed by atoms with Gasteiger partial charge in [-0.1, -0.05) is 0 Å². The second-order valence-corrected chi connectivity index (χ2v) is 6.18. The number of benzene rings is 1. The zero-order valence-corrected chi connectivity index (χ0v) is 14.3. The highest BCUT2D eigenvalue weighted by atomic mass is 19.1. The molecule has 3 heterocycles. The lowest BCUT2D eigenvalue weighted by molar-refractivity contribution is 0.122. The van der Waals surface area contributed by atoms with Crippen LogP contribution in [0.4, 0.5) is 10.1 Å². The van der Waals surface area contributed by atoms with Gasteiger partial charge in [0.2, 0.25) is 0 Å². The smallest absolute Gasteiger partial charge is 0.165 e. The van der Waals surface area contributed by atoms with Crippen LogP contribution in [0.25, 0.3) is 16.9 Å². The molecule has 6 heteroatoms. The highest BCUT2D eigenvalue weighted by molar-refractivity contribution is 5.69. The first-order chi connectivity index (χ1) is 12.2. The van der Waals surface area contributed by atoms with Crippen LogP contribution in [0.2, 0.25) is 0 Å². The van der Waals surface area contributed by atoms with E-state index in [-0.39, 0.29) is 11.6 Å². The quantitative estimate of drug-likeness (QED) is 0.733. The molecule has 3 aromatic rings. The number of rotatable bonds is 3. The minimum Gasteiger partial charge on any atom is -0.494 e. The minimum atomic E-state index is -0.380. The molecule has 130 valence electrons. The van der Waals surface area contributed by atoms with E-state index in [0.29, 0.717) is 0 Å². The molecule has 0 saturated carbocycles. The summed E-state index contributed by atoms with van der Waals surface area (Å²) in [7, 11) is 1.47. The van der Waals surface area contributed by atoms with E-state index in [1.54, 1.807) is 6.07 Å². The third-order valence-corrected chi connectivity index (χ3v) is 4.59. The number of nitrogens with zero attached hydrogens (tertiary/aromatic N) is 3. The van der Waals surface area contributed by atoms with Crippen molar-refractivity contribution >= 4 is 11.3 Å². The number of imidazole rings is 1. The molecule has 1 aliphatic rings. The van der Waals surface area contributed by atoms with Gasteiger partial charge in [0.05, 0.1) is 26.0 Å². The lowest BCUT2D eigenvalue weighted by Gasteiger charge is -2.28. The normalized spacial score (nSPS) is 14.9. The molecule has 1 saturated heterocycles. The fraction of sp³-hybridized carbons (Fsp3) is 0.316. The third-order valence-electron chi connectivity index (χ3n) is 4.59. The van der Waals surface area contributed by atoms with Crippen molar-refractivity contribution < 1.29 is 13.9 Å². The molecule has 0 aliphatic carbocycles. The van der Waals surface area contributed by atoms with Crippen LogP contribution in [0.1, 0.15) is 5.56 Å². The molecule has 1 fully saturated rings. The summed E-state index contributed by atoms with van der Waals surface area (Å²) in [6, 6.07) is 7.32. The maximum absolute atomic E-state index is 14.1. The van der Waals surface area contributed by atoms with Crippen molar-refractivity contribution in [3.63, 3.8) is 0 Å². The molecular weight excluding hydrogens is 321 g/mol. The van der Waals surface area contributed by atoms with E-state index >= 15 is 0 Å². The number of pyridine rings is 1. The van der Waals surface area contributed by atoms with Crippen LogP contribution >= 0.6 is 0 Å². The monoisotopic (exact) mass is 341 g/mol. The zero-order chi connectivity index (χ0) is 17.4. The molecule has 2 aromatic heterocycles. The molecular formula is C19H20FN3O2. The first-order valence-electron chi connectivity index (χ1n) is 8.31. The zero-order valence-electron chi connectivity index (χ0n) is 14.3. The first kappa shape index (κ1) is 15.9. The van der Waals surface area contributed by atoms with Gasteiger partial charge in [0.1, 0.15) is 5.65 Å². The average molecular weight is 341 g/mol. The van der Waals surface area contributed by atoms with Gasteiger partial charge >= 0.3 is 0 Å². The van der Waals surface area contributed by atoms with Gasteiger partial charge in [-0.15, -0.1) is 0 Å². The summed E-state index contributed by atoms with van der Waals surface area (Å²) in [5.74, 6) is -0.131. The molecule has 25 heavy (non-hydrogen) atoms. The summed E-state index contributed by atoms with van der Waals surface area (Å²) in [4.78, 5) is 6.98. The second kappa shape index (κ2) is 6.37. The highest BCUT2D eigenvalue weighted by Gasteiger charge is 2.15. The SMILES string of the molecule is COc1cc(C)c(-c2cn3ccc(N4CCOCC4)cc3n2)cc1F. The number of halogens is 1. The molecule has 1 aliphatic heterocycles. The number of hydrogen-bond acceptors (Lipinski definition) is 4. The van der Waals surface area contributed by atoms with Gasteiger partial charge in [-0.25, -0.2) is 9.37 Å². The molecule has 0 unspecified atom stereocenters. The summed E-state index contributed by atoms with van der Waals surface area (Å²) in [6.07, 6.45) is 3.92. The molecule has 0 atom stereocenters. The van der Waals surface area contributed by atoms with Crippen molar-refractivity contribution in [1.82, 2.24) is 9.38 Å². The molecule has 0 amide bonds. The van der Waals surface area contributed by atoms with E-state index in [2.05, 4.69) is 17.0 Å². The van der Waals surface area contributed by atoms with Crippen LogP contribution in [-0.2, 0) is 4.74 Å². The maximum Gasteiger partial charge on any atom is 0.165 e. The van der Waals surface area contributed by atoms with Crippen molar-refractivity contribution in [2.24, 2.45) is 0 Å². The maximum atomic E-state index is 14.1. The van der Waals surface area contributed by atoms with E-state index in [4.69, 9.17) is 14.5 Å². The van der Waals surface area contributed by atoms with E-state index in [0.717, 1.165) is 54.5 Å².